The van der Waals surface area contributed by atoms with Gasteiger partial charge in [-0.2, -0.15) is 0 Å². The molecule has 1 aromatic rings. The summed E-state index contributed by atoms with van der Waals surface area (Å²) in [4.78, 5) is 10.7. The van der Waals surface area contributed by atoms with E-state index in [4.69, 9.17) is 5.73 Å². The number of ketones is 1. The van der Waals surface area contributed by atoms with Gasteiger partial charge in [0.05, 0.1) is 5.69 Å². The van der Waals surface area contributed by atoms with Gasteiger partial charge in [0, 0.05) is 6.42 Å². The molecule has 0 fully saturated rings. The van der Waals surface area contributed by atoms with Crippen LogP contribution in [0.4, 0.5) is 14.5 Å². The number of halogens is 2. The van der Waals surface area contributed by atoms with Crippen LogP contribution in [-0.4, -0.2) is 5.78 Å². The van der Waals surface area contributed by atoms with E-state index in [0.717, 1.165) is 6.07 Å². The molecule has 0 spiro atoms. The molecule has 0 saturated carbocycles. The normalized spacial score (nSPS) is 10.1. The Balaban J connectivity index is 3.06. The van der Waals surface area contributed by atoms with Crippen LogP contribution in [0, 0.1) is 11.6 Å². The first kappa shape index (κ1) is 9.64. The van der Waals surface area contributed by atoms with Gasteiger partial charge in [0.15, 0.2) is 11.6 Å². The van der Waals surface area contributed by atoms with Gasteiger partial charge in [-0.05, 0) is 24.6 Å². The molecule has 0 bridgehead atoms. The molecular formula is C9H9F2NO. The molecule has 0 aliphatic heterocycles. The SMILES string of the molecule is CC(=O)Cc1cc(N)c(F)c(F)c1. The van der Waals surface area contributed by atoms with Gasteiger partial charge in [-0.3, -0.25) is 4.79 Å². The lowest BCUT2D eigenvalue weighted by molar-refractivity contribution is -0.116. The van der Waals surface area contributed by atoms with Gasteiger partial charge in [-0.1, -0.05) is 0 Å². The van der Waals surface area contributed by atoms with Gasteiger partial charge in [0.1, 0.15) is 5.78 Å². The van der Waals surface area contributed by atoms with Crippen LogP contribution in [0.5, 0.6) is 0 Å². The summed E-state index contributed by atoms with van der Waals surface area (Å²) in [5.41, 5.74) is 5.30. The maximum Gasteiger partial charge on any atom is 0.181 e. The van der Waals surface area contributed by atoms with Crippen LogP contribution >= 0.6 is 0 Å². The van der Waals surface area contributed by atoms with Crippen molar-refractivity contribution in [2.45, 2.75) is 13.3 Å². The molecule has 0 heterocycles. The number of Topliss-reactive ketones (excluding diaryl/α,β-unsaturated/α-hetero) is 1. The number of carbonyl (C=O) groups is 1. The molecule has 0 atom stereocenters. The second kappa shape index (κ2) is 3.51. The van der Waals surface area contributed by atoms with Crippen LogP contribution in [0.3, 0.4) is 0 Å². The average molecular weight is 185 g/mol. The number of nitrogens with two attached hydrogens (primary N) is 1. The van der Waals surface area contributed by atoms with E-state index in [-0.39, 0.29) is 17.9 Å². The van der Waals surface area contributed by atoms with Gasteiger partial charge in [-0.15, -0.1) is 0 Å². The lowest BCUT2D eigenvalue weighted by Crippen LogP contribution is -2.01. The van der Waals surface area contributed by atoms with Crippen molar-refractivity contribution < 1.29 is 13.6 Å². The van der Waals surface area contributed by atoms with Crippen molar-refractivity contribution in [3.05, 3.63) is 29.3 Å². The van der Waals surface area contributed by atoms with Crippen molar-refractivity contribution in [2.75, 3.05) is 5.73 Å². The van der Waals surface area contributed by atoms with E-state index in [1.807, 2.05) is 0 Å². The van der Waals surface area contributed by atoms with Gasteiger partial charge in [0.25, 0.3) is 0 Å². The maximum atomic E-state index is 12.7. The molecule has 1 aromatic carbocycles. The van der Waals surface area contributed by atoms with Crippen LogP contribution in [0.1, 0.15) is 12.5 Å². The summed E-state index contributed by atoms with van der Waals surface area (Å²) in [6.45, 7) is 1.37. The summed E-state index contributed by atoms with van der Waals surface area (Å²) in [5, 5.41) is 0. The molecule has 13 heavy (non-hydrogen) atoms. The molecule has 0 aliphatic rings. The Hall–Kier alpha value is -1.45. The lowest BCUT2D eigenvalue weighted by Gasteiger charge is -2.02. The van der Waals surface area contributed by atoms with E-state index in [1.54, 1.807) is 0 Å². The summed E-state index contributed by atoms with van der Waals surface area (Å²) >= 11 is 0. The van der Waals surface area contributed by atoms with Crippen LogP contribution < -0.4 is 5.73 Å². The molecule has 2 nitrogen and oxygen atoms in total. The summed E-state index contributed by atoms with van der Waals surface area (Å²) < 4.78 is 25.4. The van der Waals surface area contributed by atoms with Crippen molar-refractivity contribution >= 4 is 11.5 Å². The Bertz CT molecular complexity index is 326. The van der Waals surface area contributed by atoms with Gasteiger partial charge in [0.2, 0.25) is 0 Å². The van der Waals surface area contributed by atoms with Crippen LogP contribution in [0.25, 0.3) is 0 Å². The quantitative estimate of drug-likeness (QED) is 0.712. The monoisotopic (exact) mass is 185 g/mol. The first-order valence-electron chi connectivity index (χ1n) is 3.73. The van der Waals surface area contributed by atoms with Crippen molar-refractivity contribution in [1.29, 1.82) is 0 Å². The van der Waals surface area contributed by atoms with Crippen LogP contribution in [-0.2, 0) is 11.2 Å². The minimum Gasteiger partial charge on any atom is -0.396 e. The molecule has 1 rings (SSSR count). The molecule has 0 aromatic heterocycles. The minimum absolute atomic E-state index is 0.0708. The molecule has 2 N–H and O–H groups in total. The second-order valence-electron chi connectivity index (χ2n) is 2.86. The number of benzene rings is 1. The third kappa shape index (κ3) is 2.24. The fourth-order valence-corrected chi connectivity index (χ4v) is 1.06. The Kier molecular flexibility index (Phi) is 2.60. The fraction of sp³-hybridized carbons (Fsp3) is 0.222. The highest BCUT2D eigenvalue weighted by Gasteiger charge is 2.08. The highest BCUT2D eigenvalue weighted by Crippen LogP contribution is 2.17. The highest BCUT2D eigenvalue weighted by molar-refractivity contribution is 5.78. The molecule has 70 valence electrons. The first-order chi connectivity index (χ1) is 6.00. The number of carbonyl (C=O) groups excluding carboxylic acids is 1. The number of hydrogen-bond acceptors (Lipinski definition) is 2. The third-order valence-electron chi connectivity index (χ3n) is 1.57. The minimum atomic E-state index is -1.06. The van der Waals surface area contributed by atoms with Crippen molar-refractivity contribution in [3.63, 3.8) is 0 Å². The average Bonchev–Trinajstić information content (AvgIpc) is 1.98. The molecule has 0 aliphatic carbocycles. The van der Waals surface area contributed by atoms with Crippen LogP contribution in [0.15, 0.2) is 12.1 Å². The standard InChI is InChI=1S/C9H9F2NO/c1-5(13)2-6-3-7(10)9(11)8(12)4-6/h3-4H,2,12H2,1H3. The van der Waals surface area contributed by atoms with E-state index in [2.05, 4.69) is 0 Å². The van der Waals surface area contributed by atoms with Gasteiger partial charge >= 0.3 is 0 Å². The van der Waals surface area contributed by atoms with E-state index in [9.17, 15) is 13.6 Å². The van der Waals surface area contributed by atoms with Crippen LogP contribution in [0.2, 0.25) is 0 Å². The number of anilines is 1. The molecule has 0 amide bonds. The zero-order valence-corrected chi connectivity index (χ0v) is 7.10. The summed E-state index contributed by atoms with van der Waals surface area (Å²) in [6.07, 6.45) is 0.0708. The number of nitrogen functional groups attached to an aromatic ring is 1. The Morgan fingerprint density at radius 2 is 2.08 bits per heavy atom. The smallest absolute Gasteiger partial charge is 0.181 e. The molecular weight excluding hydrogens is 176 g/mol. The highest BCUT2D eigenvalue weighted by atomic mass is 19.2. The summed E-state index contributed by atoms with van der Waals surface area (Å²) in [6, 6.07) is 2.24. The molecule has 0 unspecified atom stereocenters. The van der Waals surface area contributed by atoms with Crippen molar-refractivity contribution in [3.8, 4) is 0 Å². The van der Waals surface area contributed by atoms with Crippen molar-refractivity contribution in [1.82, 2.24) is 0 Å². The first-order valence-corrected chi connectivity index (χ1v) is 3.73. The predicted molar refractivity (Wildman–Crippen MR) is 45.2 cm³/mol. The van der Waals surface area contributed by atoms with E-state index in [0.29, 0.717) is 5.56 Å². The van der Waals surface area contributed by atoms with Crippen molar-refractivity contribution in [2.24, 2.45) is 0 Å². The van der Waals surface area contributed by atoms with Gasteiger partial charge < -0.3 is 5.73 Å². The van der Waals surface area contributed by atoms with E-state index in [1.165, 1.54) is 13.0 Å². The topological polar surface area (TPSA) is 43.1 Å². The molecule has 0 radical (unpaired) electrons. The Morgan fingerprint density at radius 1 is 1.46 bits per heavy atom. The summed E-state index contributed by atoms with van der Waals surface area (Å²) in [5.74, 6) is -2.20. The molecule has 4 heteroatoms. The fourth-order valence-electron chi connectivity index (χ4n) is 1.06. The predicted octanol–water partition coefficient (Wildman–Crippen LogP) is 1.68. The Labute approximate surface area is 74.4 Å². The zero-order chi connectivity index (χ0) is 10.0. The summed E-state index contributed by atoms with van der Waals surface area (Å²) in [7, 11) is 0. The third-order valence-corrected chi connectivity index (χ3v) is 1.57. The number of hydrogen-bond donors (Lipinski definition) is 1. The lowest BCUT2D eigenvalue weighted by atomic mass is 10.1. The second-order valence-corrected chi connectivity index (χ2v) is 2.86. The maximum absolute atomic E-state index is 12.7. The zero-order valence-electron chi connectivity index (χ0n) is 7.10. The van der Waals surface area contributed by atoms with Gasteiger partial charge in [-0.25, -0.2) is 8.78 Å². The van der Waals surface area contributed by atoms with E-state index < -0.39 is 11.6 Å². The Morgan fingerprint density at radius 3 is 2.54 bits per heavy atom. The largest absolute Gasteiger partial charge is 0.396 e. The number of rotatable bonds is 2. The van der Waals surface area contributed by atoms with E-state index >= 15 is 0 Å². The molecule has 0 saturated heterocycles.